The summed E-state index contributed by atoms with van der Waals surface area (Å²) in [6.45, 7) is 7.08. The highest BCUT2D eigenvalue weighted by Gasteiger charge is 2.26. The Morgan fingerprint density at radius 3 is 2.52 bits per heavy atom. The molecule has 21 heavy (non-hydrogen) atoms. The average molecular weight is 296 g/mol. The van der Waals surface area contributed by atoms with Crippen LogP contribution in [-0.2, 0) is 11.8 Å². The second kappa shape index (κ2) is 7.78. The first kappa shape index (κ1) is 17.2. The summed E-state index contributed by atoms with van der Waals surface area (Å²) >= 11 is 0. The molecular weight excluding hydrogens is 272 g/mol. The third kappa shape index (κ3) is 5.55. The summed E-state index contributed by atoms with van der Waals surface area (Å²) in [7, 11) is 1.83. The Morgan fingerprint density at radius 2 is 2.05 bits per heavy atom. The molecule has 2 rings (SSSR count). The molecule has 1 saturated heterocycles. The molecular formula is C14H24N4O3. The highest BCUT2D eigenvalue weighted by molar-refractivity contribution is 5.92. The normalized spacial score (nSPS) is 15.2. The molecule has 1 aliphatic heterocycles. The molecule has 1 aromatic rings. The molecule has 1 aliphatic rings. The van der Waals surface area contributed by atoms with Gasteiger partial charge in [0, 0.05) is 19.1 Å². The van der Waals surface area contributed by atoms with E-state index in [1.807, 2.05) is 7.05 Å². The number of rotatable bonds is 4. The highest BCUT2D eigenvalue weighted by Crippen LogP contribution is 2.13. The van der Waals surface area contributed by atoms with Crippen LogP contribution in [0.4, 0.5) is 0 Å². The SMILES string of the molecule is Cn1cncc1C(=O)NC(C)(C)CN1CCCC1.O=CO. The monoisotopic (exact) mass is 296 g/mol. The third-order valence-electron chi connectivity index (χ3n) is 3.32. The van der Waals surface area contributed by atoms with E-state index in [0.29, 0.717) is 5.69 Å². The molecule has 7 nitrogen and oxygen atoms in total. The molecule has 1 amide bonds. The maximum Gasteiger partial charge on any atom is 0.290 e. The number of aryl methyl sites for hydroxylation is 1. The van der Waals surface area contributed by atoms with E-state index in [2.05, 4.69) is 29.0 Å². The van der Waals surface area contributed by atoms with E-state index in [4.69, 9.17) is 9.90 Å². The van der Waals surface area contributed by atoms with Gasteiger partial charge in [0.05, 0.1) is 12.5 Å². The number of hydrogen-bond donors (Lipinski definition) is 2. The maximum absolute atomic E-state index is 12.1. The smallest absolute Gasteiger partial charge is 0.290 e. The molecule has 0 saturated carbocycles. The van der Waals surface area contributed by atoms with E-state index in [9.17, 15) is 4.79 Å². The molecule has 0 atom stereocenters. The van der Waals surface area contributed by atoms with Gasteiger partial charge in [0.1, 0.15) is 5.69 Å². The van der Waals surface area contributed by atoms with Crippen LogP contribution in [0.2, 0.25) is 0 Å². The Bertz CT molecular complexity index is 465. The third-order valence-corrected chi connectivity index (χ3v) is 3.32. The molecule has 0 radical (unpaired) electrons. The van der Waals surface area contributed by atoms with Crippen molar-refractivity contribution in [3.63, 3.8) is 0 Å². The molecule has 0 aromatic carbocycles. The van der Waals surface area contributed by atoms with Crippen LogP contribution in [0.1, 0.15) is 37.2 Å². The Morgan fingerprint density at radius 1 is 1.48 bits per heavy atom. The molecule has 1 fully saturated rings. The lowest BCUT2D eigenvalue weighted by Gasteiger charge is -2.31. The molecule has 0 spiro atoms. The number of imidazole rings is 1. The van der Waals surface area contributed by atoms with E-state index in [0.717, 1.165) is 19.6 Å². The minimum Gasteiger partial charge on any atom is -0.483 e. The van der Waals surface area contributed by atoms with Crippen LogP contribution in [0.5, 0.6) is 0 Å². The van der Waals surface area contributed by atoms with Gasteiger partial charge in [0.2, 0.25) is 0 Å². The van der Waals surface area contributed by atoms with E-state index < -0.39 is 0 Å². The lowest BCUT2D eigenvalue weighted by Crippen LogP contribution is -2.51. The number of nitrogens with one attached hydrogen (secondary N) is 1. The van der Waals surface area contributed by atoms with Gasteiger partial charge in [-0.2, -0.15) is 0 Å². The zero-order valence-corrected chi connectivity index (χ0v) is 12.9. The fourth-order valence-corrected chi connectivity index (χ4v) is 2.49. The standard InChI is InChI=1S/C13H22N4O.CH2O2/c1-13(2,9-17-6-4-5-7-17)15-12(18)11-8-14-10-16(11)3;2-1-3/h8,10H,4-7,9H2,1-3H3,(H,15,18);1H,(H,2,3). The fourth-order valence-electron chi connectivity index (χ4n) is 2.49. The van der Waals surface area contributed by atoms with Crippen LogP contribution in [0, 0.1) is 0 Å². The average Bonchev–Trinajstić information content (AvgIpc) is 3.00. The molecule has 7 heteroatoms. The first-order valence-electron chi connectivity index (χ1n) is 6.98. The van der Waals surface area contributed by atoms with Crippen LogP contribution in [-0.4, -0.2) is 57.1 Å². The lowest BCUT2D eigenvalue weighted by atomic mass is 10.0. The largest absolute Gasteiger partial charge is 0.483 e. The maximum atomic E-state index is 12.1. The lowest BCUT2D eigenvalue weighted by molar-refractivity contribution is -0.122. The van der Waals surface area contributed by atoms with Crippen molar-refractivity contribution in [1.29, 1.82) is 0 Å². The summed E-state index contributed by atoms with van der Waals surface area (Å²) in [6.07, 6.45) is 5.78. The van der Waals surface area contributed by atoms with E-state index in [1.165, 1.54) is 12.8 Å². The topological polar surface area (TPSA) is 87.5 Å². The molecule has 2 heterocycles. The number of carbonyl (C=O) groups is 2. The van der Waals surface area contributed by atoms with Gasteiger partial charge < -0.3 is 19.9 Å². The minimum absolute atomic E-state index is 0.0563. The van der Waals surface area contributed by atoms with Crippen LogP contribution in [0.3, 0.4) is 0 Å². The Kier molecular flexibility index (Phi) is 6.36. The van der Waals surface area contributed by atoms with Gasteiger partial charge in [0.15, 0.2) is 0 Å². The van der Waals surface area contributed by atoms with E-state index >= 15 is 0 Å². The molecule has 2 N–H and O–H groups in total. The van der Waals surface area contributed by atoms with Gasteiger partial charge in [-0.25, -0.2) is 4.98 Å². The number of aromatic nitrogens is 2. The number of carboxylic acid groups (broad SMARTS) is 1. The predicted octanol–water partition coefficient (Wildman–Crippen LogP) is 0.725. The van der Waals surface area contributed by atoms with Crippen molar-refractivity contribution in [2.24, 2.45) is 7.05 Å². The summed E-state index contributed by atoms with van der Waals surface area (Å²) in [5, 5.41) is 9.97. The first-order valence-corrected chi connectivity index (χ1v) is 6.98. The van der Waals surface area contributed by atoms with Crippen molar-refractivity contribution in [1.82, 2.24) is 19.8 Å². The Balaban J connectivity index is 0.000000677. The number of carbonyl (C=O) groups excluding carboxylic acids is 1. The number of likely N-dealkylation sites (tertiary alicyclic amines) is 1. The van der Waals surface area contributed by atoms with Gasteiger partial charge >= 0.3 is 0 Å². The van der Waals surface area contributed by atoms with Crippen LogP contribution in [0.25, 0.3) is 0 Å². The van der Waals surface area contributed by atoms with Crippen molar-refractivity contribution >= 4 is 12.4 Å². The number of amides is 1. The summed E-state index contributed by atoms with van der Waals surface area (Å²) in [5.74, 6) is -0.0563. The van der Waals surface area contributed by atoms with Crippen LogP contribution in [0.15, 0.2) is 12.5 Å². The van der Waals surface area contributed by atoms with Gasteiger partial charge in [-0.05, 0) is 39.8 Å². The van der Waals surface area contributed by atoms with Crippen LogP contribution < -0.4 is 5.32 Å². The van der Waals surface area contributed by atoms with Crippen molar-refractivity contribution in [3.05, 3.63) is 18.2 Å². The predicted molar refractivity (Wildman–Crippen MR) is 79.1 cm³/mol. The fraction of sp³-hybridized carbons (Fsp3) is 0.643. The number of nitrogens with zero attached hydrogens (tertiary/aromatic N) is 3. The van der Waals surface area contributed by atoms with Crippen molar-refractivity contribution < 1.29 is 14.7 Å². The molecule has 0 bridgehead atoms. The summed E-state index contributed by atoms with van der Waals surface area (Å²) in [4.78, 5) is 26.9. The summed E-state index contributed by atoms with van der Waals surface area (Å²) in [6, 6.07) is 0. The zero-order chi connectivity index (χ0) is 15.9. The van der Waals surface area contributed by atoms with Gasteiger partial charge in [-0.15, -0.1) is 0 Å². The minimum atomic E-state index is -0.250. The van der Waals surface area contributed by atoms with Gasteiger partial charge in [-0.3, -0.25) is 9.59 Å². The van der Waals surface area contributed by atoms with Gasteiger partial charge in [-0.1, -0.05) is 0 Å². The number of hydrogen-bond acceptors (Lipinski definition) is 4. The summed E-state index contributed by atoms with van der Waals surface area (Å²) < 4.78 is 1.74. The summed E-state index contributed by atoms with van der Waals surface area (Å²) in [5.41, 5.74) is 0.385. The van der Waals surface area contributed by atoms with Crippen molar-refractivity contribution in [2.75, 3.05) is 19.6 Å². The molecule has 0 unspecified atom stereocenters. The van der Waals surface area contributed by atoms with Gasteiger partial charge in [0.25, 0.3) is 12.4 Å². The molecule has 118 valence electrons. The Labute approximate surface area is 125 Å². The highest BCUT2D eigenvalue weighted by atomic mass is 16.3. The second-order valence-corrected chi connectivity index (χ2v) is 5.82. The van der Waals surface area contributed by atoms with Crippen molar-refractivity contribution in [2.45, 2.75) is 32.2 Å². The second-order valence-electron chi connectivity index (χ2n) is 5.82. The van der Waals surface area contributed by atoms with Crippen molar-refractivity contribution in [3.8, 4) is 0 Å². The van der Waals surface area contributed by atoms with E-state index in [1.54, 1.807) is 17.1 Å². The van der Waals surface area contributed by atoms with Crippen LogP contribution >= 0.6 is 0 Å². The first-order chi connectivity index (χ1) is 9.89. The molecule has 0 aliphatic carbocycles. The van der Waals surface area contributed by atoms with E-state index in [-0.39, 0.29) is 17.9 Å². The Hall–Kier alpha value is -1.89. The quantitative estimate of drug-likeness (QED) is 0.800. The molecule has 1 aromatic heterocycles. The zero-order valence-electron chi connectivity index (χ0n) is 12.9.